The predicted octanol–water partition coefficient (Wildman–Crippen LogP) is 5.34. The van der Waals surface area contributed by atoms with Crippen LogP contribution in [0.5, 0.6) is 0 Å². The summed E-state index contributed by atoms with van der Waals surface area (Å²) >= 11 is 12.3. The Kier molecular flexibility index (Phi) is 5.85. The normalized spacial score (nSPS) is 11.9. The van der Waals surface area contributed by atoms with Gasteiger partial charge in [0, 0.05) is 19.3 Å². The molecular formula is C19H25Cl2N3O. The highest BCUT2D eigenvalue weighted by molar-refractivity contribution is 6.42. The number of hydrogen-bond acceptors (Lipinski definition) is 2. The van der Waals surface area contributed by atoms with Crippen LogP contribution in [0.4, 0.5) is 0 Å². The van der Waals surface area contributed by atoms with Crippen molar-refractivity contribution in [3.05, 3.63) is 51.3 Å². The van der Waals surface area contributed by atoms with E-state index in [4.69, 9.17) is 23.2 Å². The van der Waals surface area contributed by atoms with Crippen molar-refractivity contribution >= 4 is 29.1 Å². The van der Waals surface area contributed by atoms with E-state index in [1.54, 1.807) is 18.0 Å². The molecule has 0 spiro atoms. The number of carbonyl (C=O) groups is 1. The summed E-state index contributed by atoms with van der Waals surface area (Å²) in [5.74, 6) is 0.141. The first-order chi connectivity index (χ1) is 11.5. The second-order valence-corrected chi connectivity index (χ2v) is 8.35. The summed E-state index contributed by atoms with van der Waals surface area (Å²) in [6.45, 7) is 10.8. The Morgan fingerprint density at radius 2 is 1.92 bits per heavy atom. The molecular weight excluding hydrogens is 357 g/mol. The van der Waals surface area contributed by atoms with Crippen LogP contribution in [0.3, 0.4) is 0 Å². The number of carbonyl (C=O) groups excluding carboxylic acids is 1. The molecule has 0 aliphatic carbocycles. The number of hydrogen-bond donors (Lipinski definition) is 0. The number of benzene rings is 1. The van der Waals surface area contributed by atoms with Gasteiger partial charge in [0.1, 0.15) is 0 Å². The maximum atomic E-state index is 12.8. The van der Waals surface area contributed by atoms with Gasteiger partial charge in [-0.2, -0.15) is 5.10 Å². The molecule has 0 bridgehead atoms. The fraction of sp³-hybridized carbons (Fsp3) is 0.474. The van der Waals surface area contributed by atoms with Crippen LogP contribution in [0, 0.1) is 0 Å². The quantitative estimate of drug-likeness (QED) is 0.716. The SMILES string of the molecule is CC(C)c1cc(C(=O)N(C)Cc2cccc(Cl)c2Cl)nn1C(C)(C)C. The highest BCUT2D eigenvalue weighted by Crippen LogP contribution is 2.27. The van der Waals surface area contributed by atoms with E-state index in [0.29, 0.717) is 22.3 Å². The molecule has 25 heavy (non-hydrogen) atoms. The number of nitrogens with zero attached hydrogens (tertiary/aromatic N) is 3. The average Bonchev–Trinajstić information content (AvgIpc) is 2.96. The van der Waals surface area contributed by atoms with E-state index in [1.807, 2.05) is 22.9 Å². The van der Waals surface area contributed by atoms with Crippen molar-refractivity contribution in [3.8, 4) is 0 Å². The van der Waals surface area contributed by atoms with Gasteiger partial charge in [-0.3, -0.25) is 9.48 Å². The van der Waals surface area contributed by atoms with Crippen LogP contribution in [0.2, 0.25) is 10.0 Å². The molecule has 2 aromatic rings. The number of halogens is 2. The summed E-state index contributed by atoms with van der Waals surface area (Å²) in [5.41, 5.74) is 2.11. The van der Waals surface area contributed by atoms with Gasteiger partial charge >= 0.3 is 0 Å². The lowest BCUT2D eigenvalue weighted by molar-refractivity contribution is 0.0777. The second kappa shape index (κ2) is 7.38. The van der Waals surface area contributed by atoms with Crippen molar-refractivity contribution in [2.75, 3.05) is 7.05 Å². The zero-order chi connectivity index (χ0) is 18.9. The highest BCUT2D eigenvalue weighted by Gasteiger charge is 2.25. The molecule has 0 N–H and O–H groups in total. The highest BCUT2D eigenvalue weighted by atomic mass is 35.5. The molecule has 0 aliphatic rings. The van der Waals surface area contributed by atoms with Crippen molar-refractivity contribution in [3.63, 3.8) is 0 Å². The summed E-state index contributed by atoms with van der Waals surface area (Å²) in [7, 11) is 1.74. The van der Waals surface area contributed by atoms with Crippen LogP contribution in [0.15, 0.2) is 24.3 Å². The number of rotatable bonds is 4. The second-order valence-electron chi connectivity index (χ2n) is 7.57. The fourth-order valence-corrected chi connectivity index (χ4v) is 3.02. The van der Waals surface area contributed by atoms with E-state index in [1.165, 1.54) is 0 Å². The zero-order valence-corrected chi connectivity index (χ0v) is 17.1. The molecule has 2 rings (SSSR count). The van der Waals surface area contributed by atoms with Gasteiger partial charge in [-0.1, -0.05) is 49.2 Å². The van der Waals surface area contributed by atoms with Crippen molar-refractivity contribution in [2.24, 2.45) is 0 Å². The van der Waals surface area contributed by atoms with Crippen LogP contribution >= 0.6 is 23.2 Å². The molecule has 1 aromatic heterocycles. The van der Waals surface area contributed by atoms with Gasteiger partial charge in [-0.05, 0) is 44.4 Å². The lowest BCUT2D eigenvalue weighted by Crippen LogP contribution is -2.29. The Labute approximate surface area is 159 Å². The van der Waals surface area contributed by atoms with Gasteiger partial charge in [0.25, 0.3) is 5.91 Å². The molecule has 136 valence electrons. The lowest BCUT2D eigenvalue weighted by Gasteiger charge is -2.23. The molecule has 0 saturated heterocycles. The third kappa shape index (κ3) is 4.36. The fourth-order valence-electron chi connectivity index (χ4n) is 2.64. The van der Waals surface area contributed by atoms with Crippen molar-refractivity contribution in [2.45, 2.75) is 52.6 Å². The predicted molar refractivity (Wildman–Crippen MR) is 104 cm³/mol. The van der Waals surface area contributed by atoms with Crippen LogP contribution in [-0.4, -0.2) is 27.6 Å². The first-order valence-electron chi connectivity index (χ1n) is 8.31. The Morgan fingerprint density at radius 3 is 2.44 bits per heavy atom. The molecule has 0 atom stereocenters. The summed E-state index contributed by atoms with van der Waals surface area (Å²) in [6.07, 6.45) is 0. The van der Waals surface area contributed by atoms with Gasteiger partial charge in [-0.15, -0.1) is 0 Å². The summed E-state index contributed by atoms with van der Waals surface area (Å²) in [5, 5.41) is 5.54. The topological polar surface area (TPSA) is 38.1 Å². The van der Waals surface area contributed by atoms with E-state index in [9.17, 15) is 4.79 Å². The summed E-state index contributed by atoms with van der Waals surface area (Å²) in [6, 6.07) is 7.31. The molecule has 0 unspecified atom stereocenters. The molecule has 1 amide bonds. The zero-order valence-electron chi connectivity index (χ0n) is 15.6. The van der Waals surface area contributed by atoms with Crippen LogP contribution in [0.25, 0.3) is 0 Å². The van der Waals surface area contributed by atoms with E-state index < -0.39 is 0 Å². The Morgan fingerprint density at radius 1 is 1.28 bits per heavy atom. The van der Waals surface area contributed by atoms with E-state index in [-0.39, 0.29) is 17.4 Å². The first-order valence-corrected chi connectivity index (χ1v) is 9.06. The smallest absolute Gasteiger partial charge is 0.274 e. The lowest BCUT2D eigenvalue weighted by atomic mass is 10.1. The van der Waals surface area contributed by atoms with Crippen LogP contribution in [0.1, 0.15) is 62.3 Å². The molecule has 0 aliphatic heterocycles. The third-order valence-corrected chi connectivity index (χ3v) is 4.83. The Balaban J connectivity index is 2.29. The Bertz CT molecular complexity index is 775. The van der Waals surface area contributed by atoms with Gasteiger partial charge in [0.05, 0.1) is 15.6 Å². The summed E-state index contributed by atoms with van der Waals surface area (Å²) in [4.78, 5) is 14.4. The van der Waals surface area contributed by atoms with E-state index in [2.05, 4.69) is 39.7 Å². The van der Waals surface area contributed by atoms with Gasteiger partial charge < -0.3 is 4.90 Å². The van der Waals surface area contributed by atoms with E-state index >= 15 is 0 Å². The molecule has 6 heteroatoms. The molecule has 1 heterocycles. The number of amides is 1. The van der Waals surface area contributed by atoms with Gasteiger partial charge in [0.2, 0.25) is 0 Å². The standard InChI is InChI=1S/C19H25Cl2N3O/c1-12(2)16-10-15(22-24(16)19(3,4)5)18(25)23(6)11-13-8-7-9-14(20)17(13)21/h7-10,12H,11H2,1-6H3. The van der Waals surface area contributed by atoms with Crippen molar-refractivity contribution in [1.29, 1.82) is 0 Å². The summed E-state index contributed by atoms with van der Waals surface area (Å²) < 4.78 is 1.94. The monoisotopic (exact) mass is 381 g/mol. The minimum Gasteiger partial charge on any atom is -0.336 e. The largest absolute Gasteiger partial charge is 0.336 e. The van der Waals surface area contributed by atoms with E-state index in [0.717, 1.165) is 11.3 Å². The average molecular weight is 382 g/mol. The molecule has 1 aromatic carbocycles. The molecule has 0 saturated carbocycles. The maximum absolute atomic E-state index is 12.8. The molecule has 0 fully saturated rings. The van der Waals surface area contributed by atoms with Gasteiger partial charge in [0.15, 0.2) is 5.69 Å². The minimum atomic E-state index is -0.188. The minimum absolute atomic E-state index is 0.138. The maximum Gasteiger partial charge on any atom is 0.274 e. The van der Waals surface area contributed by atoms with Crippen LogP contribution < -0.4 is 0 Å². The first kappa shape index (κ1) is 19.8. The van der Waals surface area contributed by atoms with Gasteiger partial charge in [-0.25, -0.2) is 0 Å². The van der Waals surface area contributed by atoms with Crippen molar-refractivity contribution in [1.82, 2.24) is 14.7 Å². The van der Waals surface area contributed by atoms with Crippen molar-refractivity contribution < 1.29 is 4.79 Å². The third-order valence-electron chi connectivity index (χ3n) is 3.97. The van der Waals surface area contributed by atoms with Crippen LogP contribution in [-0.2, 0) is 12.1 Å². The Hall–Kier alpha value is -1.52. The molecule has 4 nitrogen and oxygen atoms in total. The number of aromatic nitrogens is 2. The molecule has 0 radical (unpaired) electrons.